The molecule has 2 N–H and O–H groups in total. The third-order valence-electron chi connectivity index (χ3n) is 5.86. The van der Waals surface area contributed by atoms with E-state index in [4.69, 9.17) is 23.2 Å². The Balaban J connectivity index is 1.52. The molecule has 1 unspecified atom stereocenters. The van der Waals surface area contributed by atoms with Crippen LogP contribution in [0.2, 0.25) is 10.0 Å². The van der Waals surface area contributed by atoms with E-state index in [0.717, 1.165) is 41.8 Å². The van der Waals surface area contributed by atoms with Crippen LogP contribution in [0.5, 0.6) is 0 Å². The summed E-state index contributed by atoms with van der Waals surface area (Å²) in [7, 11) is 0. The summed E-state index contributed by atoms with van der Waals surface area (Å²) in [6.07, 6.45) is 5.32. The van der Waals surface area contributed by atoms with Crippen LogP contribution in [0.4, 0.5) is 11.4 Å². The van der Waals surface area contributed by atoms with E-state index >= 15 is 0 Å². The van der Waals surface area contributed by atoms with E-state index in [2.05, 4.69) is 10.6 Å². The largest absolute Gasteiger partial charge is 0.326 e. The summed E-state index contributed by atoms with van der Waals surface area (Å²) in [6.45, 7) is 0. The highest BCUT2D eigenvalue weighted by Gasteiger charge is 2.24. The van der Waals surface area contributed by atoms with Gasteiger partial charge in [-0.25, -0.2) is 0 Å². The molecule has 0 spiro atoms. The number of halogens is 2. The van der Waals surface area contributed by atoms with Gasteiger partial charge in [0.1, 0.15) is 5.25 Å². The molecule has 1 fully saturated rings. The highest BCUT2D eigenvalue weighted by Crippen LogP contribution is 2.38. The summed E-state index contributed by atoms with van der Waals surface area (Å²) in [5.41, 5.74) is 2.07. The molecular weight excluding hydrogens is 487 g/mol. The average Bonchev–Trinajstić information content (AvgIpc) is 2.86. The predicted molar refractivity (Wildman–Crippen MR) is 142 cm³/mol. The zero-order valence-corrected chi connectivity index (χ0v) is 20.9. The molecule has 176 valence electrons. The van der Waals surface area contributed by atoms with Gasteiger partial charge in [-0.05, 0) is 54.8 Å². The van der Waals surface area contributed by atoms with Crippen molar-refractivity contribution in [2.24, 2.45) is 5.92 Å². The summed E-state index contributed by atoms with van der Waals surface area (Å²) in [4.78, 5) is 26.9. The maximum atomic E-state index is 13.3. The molecule has 4 rings (SSSR count). The van der Waals surface area contributed by atoms with Crippen molar-refractivity contribution >= 4 is 58.2 Å². The molecule has 34 heavy (non-hydrogen) atoms. The normalized spacial score (nSPS) is 14.9. The van der Waals surface area contributed by atoms with E-state index in [-0.39, 0.29) is 17.7 Å². The lowest BCUT2D eigenvalue weighted by Gasteiger charge is -2.21. The Bertz CT molecular complexity index is 1150. The van der Waals surface area contributed by atoms with Gasteiger partial charge in [0.05, 0.1) is 10.7 Å². The fourth-order valence-corrected chi connectivity index (χ4v) is 5.51. The molecule has 4 nitrogen and oxygen atoms in total. The first-order chi connectivity index (χ1) is 16.5. The summed E-state index contributed by atoms with van der Waals surface area (Å²) in [6, 6.07) is 22.2. The quantitative estimate of drug-likeness (QED) is 0.315. The summed E-state index contributed by atoms with van der Waals surface area (Å²) in [5, 5.41) is 6.36. The summed E-state index contributed by atoms with van der Waals surface area (Å²) >= 11 is 13.8. The smallest absolute Gasteiger partial charge is 0.242 e. The maximum absolute atomic E-state index is 13.3. The third-order valence-corrected chi connectivity index (χ3v) is 7.67. The van der Waals surface area contributed by atoms with Gasteiger partial charge in [-0.1, -0.05) is 78.9 Å². The summed E-state index contributed by atoms with van der Waals surface area (Å²) < 4.78 is 0. The Kier molecular flexibility index (Phi) is 8.54. The van der Waals surface area contributed by atoms with Crippen LogP contribution in [0, 0.1) is 5.92 Å². The molecule has 1 aliphatic rings. The number of benzene rings is 3. The van der Waals surface area contributed by atoms with Crippen molar-refractivity contribution in [3.63, 3.8) is 0 Å². The number of anilines is 2. The number of thioether (sulfide) groups is 1. The van der Waals surface area contributed by atoms with Crippen molar-refractivity contribution in [1.82, 2.24) is 0 Å². The van der Waals surface area contributed by atoms with Crippen molar-refractivity contribution in [3.8, 4) is 0 Å². The lowest BCUT2D eigenvalue weighted by atomic mass is 9.88. The van der Waals surface area contributed by atoms with Crippen LogP contribution >= 0.6 is 35.0 Å². The molecule has 0 radical (unpaired) electrons. The zero-order valence-electron chi connectivity index (χ0n) is 18.6. The van der Waals surface area contributed by atoms with Gasteiger partial charge in [-0.2, -0.15) is 0 Å². The Labute approximate surface area is 214 Å². The van der Waals surface area contributed by atoms with Crippen LogP contribution in [-0.4, -0.2) is 11.8 Å². The van der Waals surface area contributed by atoms with Crippen molar-refractivity contribution < 1.29 is 9.59 Å². The first-order valence-corrected chi connectivity index (χ1v) is 13.0. The predicted octanol–water partition coefficient (Wildman–Crippen LogP) is 7.98. The molecule has 0 aromatic heterocycles. The van der Waals surface area contributed by atoms with Crippen LogP contribution < -0.4 is 10.6 Å². The first kappa shape index (κ1) is 24.6. The van der Waals surface area contributed by atoms with Crippen LogP contribution in [0.25, 0.3) is 0 Å². The standard InChI is InChI=1S/C27H26Cl2N2O2S/c28-20-14-15-23(29)24(16-20)31-27(33)25(18-8-3-1-4-9-18)34-22-13-7-12-21(17-22)30-26(32)19-10-5-2-6-11-19/h1,3-4,7-9,12-17,19,25H,2,5-6,10-11H2,(H,30,32)(H,31,33). The second kappa shape index (κ2) is 11.8. The number of carbonyl (C=O) groups excluding carboxylic acids is 2. The van der Waals surface area contributed by atoms with Gasteiger partial charge in [0.15, 0.2) is 0 Å². The molecule has 1 saturated carbocycles. The van der Waals surface area contributed by atoms with E-state index < -0.39 is 5.25 Å². The van der Waals surface area contributed by atoms with Crippen LogP contribution in [0.3, 0.4) is 0 Å². The number of hydrogen-bond donors (Lipinski definition) is 2. The van der Waals surface area contributed by atoms with Gasteiger partial charge in [0.2, 0.25) is 11.8 Å². The van der Waals surface area contributed by atoms with E-state index in [1.165, 1.54) is 18.2 Å². The second-order valence-electron chi connectivity index (χ2n) is 8.37. The lowest BCUT2D eigenvalue weighted by molar-refractivity contribution is -0.120. The second-order valence-corrected chi connectivity index (χ2v) is 10.4. The monoisotopic (exact) mass is 512 g/mol. The first-order valence-electron chi connectivity index (χ1n) is 11.4. The van der Waals surface area contributed by atoms with Crippen molar-refractivity contribution in [3.05, 3.63) is 88.4 Å². The number of carbonyl (C=O) groups is 2. The van der Waals surface area contributed by atoms with Gasteiger partial charge in [-0.15, -0.1) is 11.8 Å². The van der Waals surface area contributed by atoms with Crippen molar-refractivity contribution in [2.45, 2.75) is 42.2 Å². The van der Waals surface area contributed by atoms with Crippen LogP contribution in [0.1, 0.15) is 42.9 Å². The van der Waals surface area contributed by atoms with Crippen LogP contribution in [0.15, 0.2) is 77.7 Å². The van der Waals surface area contributed by atoms with E-state index in [1.54, 1.807) is 18.2 Å². The molecular formula is C27H26Cl2N2O2S. The fourth-order valence-electron chi connectivity index (χ4n) is 4.08. The number of amides is 2. The molecule has 0 saturated heterocycles. The molecule has 0 bridgehead atoms. The molecule has 0 heterocycles. The van der Waals surface area contributed by atoms with Gasteiger partial charge >= 0.3 is 0 Å². The molecule has 0 aliphatic heterocycles. The minimum atomic E-state index is -0.527. The molecule has 3 aromatic rings. The molecule has 7 heteroatoms. The van der Waals surface area contributed by atoms with Crippen LogP contribution in [-0.2, 0) is 9.59 Å². The minimum Gasteiger partial charge on any atom is -0.326 e. The third kappa shape index (κ3) is 6.56. The lowest BCUT2D eigenvalue weighted by Crippen LogP contribution is -2.24. The highest BCUT2D eigenvalue weighted by atomic mass is 35.5. The minimum absolute atomic E-state index is 0.0785. The van der Waals surface area contributed by atoms with Gasteiger partial charge in [0, 0.05) is 21.5 Å². The van der Waals surface area contributed by atoms with Crippen molar-refractivity contribution in [1.29, 1.82) is 0 Å². The fraction of sp³-hybridized carbons (Fsp3) is 0.259. The SMILES string of the molecule is O=C(Nc1cccc(SC(C(=O)Nc2cc(Cl)ccc2Cl)c2ccccc2)c1)C1CCCCC1. The highest BCUT2D eigenvalue weighted by molar-refractivity contribution is 8.00. The Morgan fingerprint density at radius 3 is 2.38 bits per heavy atom. The molecule has 1 aliphatic carbocycles. The Morgan fingerprint density at radius 1 is 0.853 bits per heavy atom. The average molecular weight is 513 g/mol. The van der Waals surface area contributed by atoms with Gasteiger partial charge in [0.25, 0.3) is 0 Å². The Morgan fingerprint density at radius 2 is 1.62 bits per heavy atom. The molecule has 1 atom stereocenters. The van der Waals surface area contributed by atoms with Crippen molar-refractivity contribution in [2.75, 3.05) is 10.6 Å². The summed E-state index contributed by atoms with van der Waals surface area (Å²) in [5.74, 6) is -0.0536. The number of rotatable bonds is 7. The van der Waals surface area contributed by atoms with E-state index in [9.17, 15) is 9.59 Å². The topological polar surface area (TPSA) is 58.2 Å². The Hall–Kier alpha value is -2.47. The van der Waals surface area contributed by atoms with Gasteiger partial charge in [-0.3, -0.25) is 9.59 Å². The molecule has 3 aromatic carbocycles. The van der Waals surface area contributed by atoms with Gasteiger partial charge < -0.3 is 10.6 Å². The molecule has 2 amide bonds. The number of hydrogen-bond acceptors (Lipinski definition) is 3. The number of nitrogens with one attached hydrogen (secondary N) is 2. The zero-order chi connectivity index (χ0) is 23.9. The van der Waals surface area contributed by atoms with E-state index in [0.29, 0.717) is 15.7 Å². The maximum Gasteiger partial charge on any atom is 0.242 e. The van der Waals surface area contributed by atoms with E-state index in [1.807, 2.05) is 54.6 Å².